The van der Waals surface area contributed by atoms with Gasteiger partial charge in [-0.15, -0.1) is 0 Å². The molecule has 7 nitrogen and oxygen atoms in total. The summed E-state index contributed by atoms with van der Waals surface area (Å²) in [4.78, 5) is 23.0. The largest absolute Gasteiger partial charge is 0.488 e. The summed E-state index contributed by atoms with van der Waals surface area (Å²) in [5.74, 6) is -0.0254. The summed E-state index contributed by atoms with van der Waals surface area (Å²) in [6.07, 6.45) is 1.48. The lowest BCUT2D eigenvalue weighted by Gasteiger charge is -2.11. The zero-order valence-electron chi connectivity index (χ0n) is 17.7. The summed E-state index contributed by atoms with van der Waals surface area (Å²) in [5, 5.41) is 23.1. The third kappa shape index (κ3) is 5.58. The van der Waals surface area contributed by atoms with Gasteiger partial charge in [-0.25, -0.2) is 0 Å². The lowest BCUT2D eigenvalue weighted by molar-refractivity contribution is -0.384. The van der Waals surface area contributed by atoms with E-state index in [0.29, 0.717) is 17.0 Å². The van der Waals surface area contributed by atoms with E-state index in [9.17, 15) is 20.2 Å². The molecule has 160 valence electrons. The molecule has 0 heterocycles. The topological polar surface area (TPSA) is 105 Å². The van der Waals surface area contributed by atoms with E-state index in [0.717, 1.165) is 16.7 Å². The number of carbonyl (C=O) groups is 1. The second kappa shape index (κ2) is 10.0. The fraction of sp³-hybridized carbons (Fsp3) is 0.120. The number of nitrogens with one attached hydrogen (secondary N) is 1. The molecule has 0 saturated carbocycles. The van der Waals surface area contributed by atoms with Gasteiger partial charge < -0.3 is 10.1 Å². The van der Waals surface area contributed by atoms with E-state index in [1.807, 2.05) is 32.0 Å². The lowest BCUT2D eigenvalue weighted by atomic mass is 10.1. The second-order valence-corrected chi connectivity index (χ2v) is 7.19. The molecule has 0 unspecified atom stereocenters. The van der Waals surface area contributed by atoms with E-state index in [1.54, 1.807) is 42.5 Å². The SMILES string of the molecule is Cc1ccc(NC(=O)/C(C#N)=C/c2ccccc2OCc2ccc([N+](=O)[O-])cc2)c(C)c1. The highest BCUT2D eigenvalue weighted by molar-refractivity contribution is 6.10. The molecule has 1 N–H and O–H groups in total. The van der Waals surface area contributed by atoms with E-state index in [-0.39, 0.29) is 17.9 Å². The monoisotopic (exact) mass is 427 g/mol. The molecular formula is C25H21N3O4. The average Bonchev–Trinajstić information content (AvgIpc) is 2.78. The van der Waals surface area contributed by atoms with E-state index >= 15 is 0 Å². The Hall–Kier alpha value is -4.44. The zero-order valence-corrected chi connectivity index (χ0v) is 17.7. The van der Waals surface area contributed by atoms with E-state index in [1.165, 1.54) is 18.2 Å². The van der Waals surface area contributed by atoms with Crippen LogP contribution in [0.2, 0.25) is 0 Å². The molecule has 3 aromatic rings. The van der Waals surface area contributed by atoms with Crippen molar-refractivity contribution >= 4 is 23.4 Å². The molecule has 32 heavy (non-hydrogen) atoms. The number of hydrogen-bond acceptors (Lipinski definition) is 5. The van der Waals surface area contributed by atoms with Crippen molar-refractivity contribution in [3.63, 3.8) is 0 Å². The maximum atomic E-state index is 12.7. The number of nitrogens with zero attached hydrogens (tertiary/aromatic N) is 2. The number of nitriles is 1. The third-order valence-electron chi connectivity index (χ3n) is 4.76. The number of hydrogen-bond donors (Lipinski definition) is 1. The van der Waals surface area contributed by atoms with E-state index < -0.39 is 10.8 Å². The molecule has 0 atom stereocenters. The number of aryl methyl sites for hydroxylation is 2. The first-order valence-electron chi connectivity index (χ1n) is 9.83. The minimum Gasteiger partial charge on any atom is -0.488 e. The van der Waals surface area contributed by atoms with Gasteiger partial charge in [0.15, 0.2) is 0 Å². The number of amides is 1. The molecule has 1 amide bonds. The summed E-state index contributed by atoms with van der Waals surface area (Å²) in [7, 11) is 0. The van der Waals surface area contributed by atoms with E-state index in [4.69, 9.17) is 4.74 Å². The van der Waals surface area contributed by atoms with Gasteiger partial charge >= 0.3 is 0 Å². The molecule has 0 bridgehead atoms. The number of carbonyl (C=O) groups excluding carboxylic acids is 1. The van der Waals surface area contributed by atoms with Gasteiger partial charge in [0.2, 0.25) is 0 Å². The van der Waals surface area contributed by atoms with Crippen LogP contribution >= 0.6 is 0 Å². The van der Waals surface area contributed by atoms with Crippen LogP contribution in [0.3, 0.4) is 0 Å². The predicted molar refractivity (Wildman–Crippen MR) is 122 cm³/mol. The van der Waals surface area contributed by atoms with Crippen LogP contribution in [0.25, 0.3) is 6.08 Å². The van der Waals surface area contributed by atoms with Crippen LogP contribution in [0, 0.1) is 35.3 Å². The Morgan fingerprint density at radius 2 is 1.84 bits per heavy atom. The Bertz CT molecular complexity index is 1220. The summed E-state index contributed by atoms with van der Waals surface area (Å²) < 4.78 is 5.84. The number of benzene rings is 3. The highest BCUT2D eigenvalue weighted by Crippen LogP contribution is 2.24. The summed E-state index contributed by atoms with van der Waals surface area (Å²) >= 11 is 0. The number of nitro groups is 1. The van der Waals surface area contributed by atoms with Gasteiger partial charge in [0, 0.05) is 23.4 Å². The van der Waals surface area contributed by atoms with Crippen LogP contribution in [-0.4, -0.2) is 10.8 Å². The van der Waals surface area contributed by atoms with Gasteiger partial charge in [-0.2, -0.15) is 5.26 Å². The molecule has 0 saturated heterocycles. The van der Waals surface area contributed by atoms with E-state index in [2.05, 4.69) is 5.32 Å². The Morgan fingerprint density at radius 1 is 1.12 bits per heavy atom. The molecule has 0 aliphatic carbocycles. The molecule has 3 rings (SSSR count). The van der Waals surface area contributed by atoms with Gasteiger partial charge in [-0.1, -0.05) is 35.9 Å². The molecule has 0 aliphatic rings. The number of rotatable bonds is 7. The summed E-state index contributed by atoms with van der Waals surface area (Å²) in [6, 6.07) is 20.7. The highest BCUT2D eigenvalue weighted by Gasteiger charge is 2.13. The number of nitro benzene ring substituents is 1. The van der Waals surface area contributed by atoms with Crippen molar-refractivity contribution in [2.24, 2.45) is 0 Å². The van der Waals surface area contributed by atoms with Crippen LogP contribution in [0.15, 0.2) is 72.3 Å². The molecule has 0 fully saturated rings. The van der Waals surface area contributed by atoms with Gasteiger partial charge in [-0.3, -0.25) is 14.9 Å². The summed E-state index contributed by atoms with van der Waals surface area (Å²) in [6.45, 7) is 4.03. The van der Waals surface area contributed by atoms with Crippen molar-refractivity contribution in [2.75, 3.05) is 5.32 Å². The minimum absolute atomic E-state index is 0.00516. The first-order chi connectivity index (χ1) is 15.4. The van der Waals surface area contributed by atoms with Crippen molar-refractivity contribution in [1.82, 2.24) is 0 Å². The Labute approximate surface area is 185 Å². The first kappa shape index (κ1) is 22.2. The van der Waals surface area contributed by atoms with Gasteiger partial charge in [0.1, 0.15) is 24.0 Å². The van der Waals surface area contributed by atoms with Gasteiger partial charge in [0.05, 0.1) is 4.92 Å². The van der Waals surface area contributed by atoms with Crippen LogP contribution in [0.1, 0.15) is 22.3 Å². The molecule has 0 aliphatic heterocycles. The first-order valence-corrected chi connectivity index (χ1v) is 9.83. The zero-order chi connectivity index (χ0) is 23.1. The number of non-ortho nitro benzene ring substituents is 1. The lowest BCUT2D eigenvalue weighted by Crippen LogP contribution is -2.14. The Balaban J connectivity index is 1.77. The van der Waals surface area contributed by atoms with Crippen molar-refractivity contribution in [1.29, 1.82) is 5.26 Å². The van der Waals surface area contributed by atoms with Crippen molar-refractivity contribution in [2.45, 2.75) is 20.5 Å². The molecule has 0 aromatic heterocycles. The maximum absolute atomic E-state index is 12.7. The molecule has 0 spiro atoms. The summed E-state index contributed by atoms with van der Waals surface area (Å²) in [5.41, 5.74) is 3.90. The molecule has 3 aromatic carbocycles. The number of anilines is 1. The second-order valence-electron chi connectivity index (χ2n) is 7.19. The minimum atomic E-state index is -0.510. The fourth-order valence-corrected chi connectivity index (χ4v) is 3.05. The predicted octanol–water partition coefficient (Wildman–Crippen LogP) is 5.34. The standard InChI is InChI=1S/C25H21N3O4/c1-17-7-12-23(18(2)13-17)27-25(29)21(15-26)14-20-5-3-4-6-24(20)32-16-19-8-10-22(11-9-19)28(30)31/h3-14H,16H2,1-2H3,(H,27,29)/b21-14+. The smallest absolute Gasteiger partial charge is 0.269 e. The quantitative estimate of drug-likeness (QED) is 0.237. The van der Waals surface area contributed by atoms with Crippen LogP contribution < -0.4 is 10.1 Å². The van der Waals surface area contributed by atoms with Crippen LogP contribution in [0.5, 0.6) is 5.75 Å². The third-order valence-corrected chi connectivity index (χ3v) is 4.76. The molecule has 0 radical (unpaired) electrons. The van der Waals surface area contributed by atoms with Crippen LogP contribution in [0.4, 0.5) is 11.4 Å². The molecular weight excluding hydrogens is 406 g/mol. The number of ether oxygens (including phenoxy) is 1. The highest BCUT2D eigenvalue weighted by atomic mass is 16.6. The Kier molecular flexibility index (Phi) is 6.99. The van der Waals surface area contributed by atoms with Gasteiger partial charge in [0.25, 0.3) is 11.6 Å². The Morgan fingerprint density at radius 3 is 2.50 bits per heavy atom. The maximum Gasteiger partial charge on any atom is 0.269 e. The van der Waals surface area contributed by atoms with Crippen LogP contribution in [-0.2, 0) is 11.4 Å². The van der Waals surface area contributed by atoms with Crippen molar-refractivity contribution in [3.05, 3.63) is 105 Å². The molecule has 7 heteroatoms. The average molecular weight is 427 g/mol. The fourth-order valence-electron chi connectivity index (χ4n) is 3.05. The van der Waals surface area contributed by atoms with Crippen molar-refractivity contribution < 1.29 is 14.5 Å². The normalized spacial score (nSPS) is 10.8. The van der Waals surface area contributed by atoms with Gasteiger partial charge in [-0.05, 0) is 55.3 Å². The van der Waals surface area contributed by atoms with Crippen molar-refractivity contribution in [3.8, 4) is 11.8 Å². The number of para-hydroxylation sites is 1.